The fourth-order valence-electron chi connectivity index (χ4n) is 4.05. The highest BCUT2D eigenvalue weighted by Gasteiger charge is 2.27. The second-order valence-corrected chi connectivity index (χ2v) is 9.39. The van der Waals surface area contributed by atoms with Crippen LogP contribution in [0.2, 0.25) is 0 Å². The van der Waals surface area contributed by atoms with Gasteiger partial charge in [-0.25, -0.2) is 4.98 Å². The van der Waals surface area contributed by atoms with Crippen LogP contribution in [0, 0.1) is 11.3 Å². The van der Waals surface area contributed by atoms with Crippen LogP contribution in [0.3, 0.4) is 0 Å². The van der Waals surface area contributed by atoms with Crippen molar-refractivity contribution in [3.05, 3.63) is 70.2 Å². The molecule has 3 aromatic rings. The summed E-state index contributed by atoms with van der Waals surface area (Å²) >= 11 is 1.56. The average molecular weight is 462 g/mol. The predicted octanol–water partition coefficient (Wildman–Crippen LogP) is 3.32. The molecule has 1 aliphatic rings. The zero-order chi connectivity index (χ0) is 23.4. The van der Waals surface area contributed by atoms with E-state index in [1.807, 2.05) is 60.3 Å². The number of likely N-dealkylation sites (N-methyl/N-ethyl adjacent to an activating group) is 1. The Morgan fingerprint density at radius 3 is 2.88 bits per heavy atom. The summed E-state index contributed by atoms with van der Waals surface area (Å²) in [5.74, 6) is 0.00778. The molecule has 7 nitrogen and oxygen atoms in total. The molecule has 1 aliphatic heterocycles. The zero-order valence-electron chi connectivity index (χ0n) is 18.8. The topological polar surface area (TPSA) is 92.5 Å². The Balaban J connectivity index is 1.66. The number of aliphatic hydroxyl groups is 1. The van der Waals surface area contributed by atoms with Gasteiger partial charge in [-0.1, -0.05) is 36.4 Å². The number of fused-ring (bicyclic) bond motifs is 3. The zero-order valence-corrected chi connectivity index (χ0v) is 19.6. The molecule has 0 bridgehead atoms. The summed E-state index contributed by atoms with van der Waals surface area (Å²) in [6.45, 7) is 1.76. The largest absolute Gasteiger partial charge is 0.394 e. The summed E-state index contributed by atoms with van der Waals surface area (Å²) in [6.07, 6.45) is 5.80. The molecule has 0 spiro atoms. The van der Waals surface area contributed by atoms with Crippen molar-refractivity contribution in [1.82, 2.24) is 14.8 Å². The first-order chi connectivity index (χ1) is 16.0. The van der Waals surface area contributed by atoms with E-state index in [0.717, 1.165) is 32.8 Å². The van der Waals surface area contributed by atoms with Gasteiger partial charge in [0.15, 0.2) is 0 Å². The Morgan fingerprint density at radius 2 is 2.18 bits per heavy atom. The van der Waals surface area contributed by atoms with Crippen molar-refractivity contribution in [3.8, 4) is 6.07 Å². The fourth-order valence-corrected chi connectivity index (χ4v) is 5.26. The van der Waals surface area contributed by atoms with E-state index in [1.54, 1.807) is 23.6 Å². The second kappa shape index (κ2) is 10.1. The first-order valence-corrected chi connectivity index (χ1v) is 11.7. The lowest BCUT2D eigenvalue weighted by Gasteiger charge is -2.26. The number of carbonyl (C=O) groups excluding carboxylic acids is 1. The van der Waals surface area contributed by atoms with Crippen LogP contribution in [0.15, 0.2) is 48.7 Å². The molecular formula is C25H27N5O2S. The quantitative estimate of drug-likeness (QED) is 0.525. The van der Waals surface area contributed by atoms with E-state index in [2.05, 4.69) is 16.4 Å². The number of nitrogens with zero attached hydrogens (tertiary/aromatic N) is 4. The number of aliphatic hydroxyl groups excluding tert-OH is 1. The minimum absolute atomic E-state index is 0.00778. The van der Waals surface area contributed by atoms with Gasteiger partial charge in [0.05, 0.1) is 30.4 Å². The van der Waals surface area contributed by atoms with Crippen LogP contribution in [0.5, 0.6) is 0 Å². The third kappa shape index (κ3) is 4.91. The van der Waals surface area contributed by atoms with Crippen molar-refractivity contribution < 1.29 is 9.90 Å². The van der Waals surface area contributed by atoms with Gasteiger partial charge in [0.2, 0.25) is 5.91 Å². The van der Waals surface area contributed by atoms with Crippen LogP contribution < -0.4 is 5.32 Å². The van der Waals surface area contributed by atoms with Crippen molar-refractivity contribution in [1.29, 1.82) is 5.26 Å². The summed E-state index contributed by atoms with van der Waals surface area (Å²) in [5, 5.41) is 24.2. The molecule has 2 aromatic heterocycles. The summed E-state index contributed by atoms with van der Waals surface area (Å²) in [6, 6.07) is 11.6. The molecule has 1 aromatic carbocycles. The Hall–Kier alpha value is -3.25. The third-order valence-corrected chi connectivity index (χ3v) is 6.86. The van der Waals surface area contributed by atoms with Gasteiger partial charge in [0, 0.05) is 35.6 Å². The molecule has 0 saturated heterocycles. The van der Waals surface area contributed by atoms with E-state index in [1.165, 1.54) is 0 Å². The van der Waals surface area contributed by atoms with E-state index in [0.29, 0.717) is 30.8 Å². The number of hydrogen-bond acceptors (Lipinski definition) is 7. The average Bonchev–Trinajstić information content (AvgIpc) is 3.20. The number of thiophene rings is 1. The third-order valence-electron chi connectivity index (χ3n) is 5.73. The molecule has 1 unspecified atom stereocenters. The summed E-state index contributed by atoms with van der Waals surface area (Å²) in [4.78, 5) is 23.0. The van der Waals surface area contributed by atoms with Crippen molar-refractivity contribution >= 4 is 33.1 Å². The summed E-state index contributed by atoms with van der Waals surface area (Å²) in [7, 11) is 3.93. The molecule has 4 rings (SSSR count). The van der Waals surface area contributed by atoms with Gasteiger partial charge in [-0.05, 0) is 31.6 Å². The molecule has 3 heterocycles. The number of amides is 1. The van der Waals surface area contributed by atoms with Gasteiger partial charge in [0.1, 0.15) is 10.9 Å². The van der Waals surface area contributed by atoms with Crippen LogP contribution in [0.1, 0.15) is 27.6 Å². The summed E-state index contributed by atoms with van der Waals surface area (Å²) < 4.78 is 0. The molecule has 170 valence electrons. The van der Waals surface area contributed by atoms with Crippen molar-refractivity contribution in [2.45, 2.75) is 19.0 Å². The van der Waals surface area contributed by atoms with E-state index < -0.39 is 0 Å². The standard InChI is InChI=1S/C25H27N5O2S/c1-29(2)11-6-9-22(32)30-12-10-19-21(15-30)33-25-23(19)24(18(13-26)14-27-25)28-20(16-31)17-7-4-3-5-8-17/h3-9,14,20,31H,10-12,15-16H2,1-2H3,(H,27,28). The Morgan fingerprint density at radius 1 is 1.39 bits per heavy atom. The van der Waals surface area contributed by atoms with Gasteiger partial charge in [0.25, 0.3) is 0 Å². The van der Waals surface area contributed by atoms with E-state index in [4.69, 9.17) is 0 Å². The first-order valence-electron chi connectivity index (χ1n) is 10.9. The lowest BCUT2D eigenvalue weighted by molar-refractivity contribution is -0.126. The SMILES string of the molecule is CN(C)CC=CC(=O)N1CCc2c(sc3ncc(C#N)c(NC(CO)c4ccccc4)c23)C1. The molecule has 8 heteroatoms. The Kier molecular flexibility index (Phi) is 7.04. The lowest BCUT2D eigenvalue weighted by Crippen LogP contribution is -2.34. The maximum atomic E-state index is 12.6. The Labute approximate surface area is 197 Å². The molecule has 33 heavy (non-hydrogen) atoms. The van der Waals surface area contributed by atoms with Gasteiger partial charge < -0.3 is 20.2 Å². The lowest BCUT2D eigenvalue weighted by atomic mass is 10.0. The fraction of sp³-hybridized carbons (Fsp3) is 0.320. The number of aromatic nitrogens is 1. The highest BCUT2D eigenvalue weighted by molar-refractivity contribution is 7.19. The number of carbonyl (C=O) groups is 1. The molecule has 1 atom stereocenters. The molecule has 0 saturated carbocycles. The molecule has 0 fully saturated rings. The van der Waals surface area contributed by atoms with Crippen LogP contribution >= 0.6 is 11.3 Å². The predicted molar refractivity (Wildman–Crippen MR) is 131 cm³/mol. The van der Waals surface area contributed by atoms with E-state index in [9.17, 15) is 15.2 Å². The molecule has 0 aliphatic carbocycles. The summed E-state index contributed by atoms with van der Waals surface area (Å²) in [5.41, 5.74) is 3.23. The highest BCUT2D eigenvalue weighted by atomic mass is 32.1. The van der Waals surface area contributed by atoms with Crippen LogP contribution in [0.4, 0.5) is 5.69 Å². The molecule has 1 amide bonds. The van der Waals surface area contributed by atoms with Crippen LogP contribution in [0.25, 0.3) is 10.2 Å². The number of pyridine rings is 1. The van der Waals surface area contributed by atoms with Crippen molar-refractivity contribution in [3.63, 3.8) is 0 Å². The number of nitriles is 1. The van der Waals surface area contributed by atoms with Crippen LogP contribution in [-0.2, 0) is 17.8 Å². The highest BCUT2D eigenvalue weighted by Crippen LogP contribution is 2.40. The van der Waals surface area contributed by atoms with Crippen molar-refractivity contribution in [2.75, 3.05) is 39.1 Å². The minimum atomic E-state index is -0.344. The maximum absolute atomic E-state index is 12.6. The van der Waals surface area contributed by atoms with E-state index >= 15 is 0 Å². The minimum Gasteiger partial charge on any atom is -0.394 e. The number of nitrogens with one attached hydrogen (secondary N) is 1. The van der Waals surface area contributed by atoms with E-state index in [-0.39, 0.29) is 18.6 Å². The normalized spacial score (nSPS) is 14.5. The van der Waals surface area contributed by atoms with Gasteiger partial charge in [-0.2, -0.15) is 5.26 Å². The number of benzene rings is 1. The number of anilines is 1. The first kappa shape index (κ1) is 22.9. The Bertz CT molecular complexity index is 1210. The van der Waals surface area contributed by atoms with Crippen molar-refractivity contribution in [2.24, 2.45) is 0 Å². The number of rotatable bonds is 7. The van der Waals surface area contributed by atoms with Gasteiger partial charge in [-0.3, -0.25) is 4.79 Å². The molecular weight excluding hydrogens is 434 g/mol. The number of hydrogen-bond donors (Lipinski definition) is 2. The maximum Gasteiger partial charge on any atom is 0.246 e. The van der Waals surface area contributed by atoms with Crippen LogP contribution in [-0.4, -0.2) is 59.6 Å². The second-order valence-electron chi connectivity index (χ2n) is 8.31. The smallest absolute Gasteiger partial charge is 0.246 e. The van der Waals surface area contributed by atoms with Gasteiger partial charge in [-0.15, -0.1) is 11.3 Å². The molecule has 0 radical (unpaired) electrons. The monoisotopic (exact) mass is 461 g/mol. The molecule has 2 N–H and O–H groups in total. The van der Waals surface area contributed by atoms with Gasteiger partial charge >= 0.3 is 0 Å².